The Balaban J connectivity index is 1.95. The van der Waals surface area contributed by atoms with Crippen LogP contribution in [-0.4, -0.2) is 43.3 Å². The van der Waals surface area contributed by atoms with Gasteiger partial charge in [-0.15, -0.1) is 0 Å². The second-order valence-electron chi connectivity index (χ2n) is 5.44. The van der Waals surface area contributed by atoms with Gasteiger partial charge in [0.15, 0.2) is 0 Å². The van der Waals surface area contributed by atoms with Crippen molar-refractivity contribution in [2.24, 2.45) is 0 Å². The van der Waals surface area contributed by atoms with E-state index in [1.807, 2.05) is 25.1 Å². The molecular weight excluding hydrogens is 266 g/mol. The summed E-state index contributed by atoms with van der Waals surface area (Å²) < 4.78 is 0. The smallest absolute Gasteiger partial charge is 0.239 e. The number of carbonyl (C=O) groups is 1. The van der Waals surface area contributed by atoms with E-state index in [9.17, 15) is 9.90 Å². The van der Waals surface area contributed by atoms with Crippen molar-refractivity contribution in [3.05, 3.63) is 24.3 Å². The van der Waals surface area contributed by atoms with Gasteiger partial charge in [-0.05, 0) is 31.4 Å². The Bertz CT molecular complexity index is 457. The van der Waals surface area contributed by atoms with Crippen LogP contribution in [0.5, 0.6) is 0 Å². The minimum absolute atomic E-state index is 0.0146. The van der Waals surface area contributed by atoms with Crippen molar-refractivity contribution in [2.75, 3.05) is 36.4 Å². The number of aliphatic hydroxyl groups excluding tert-OH is 1. The summed E-state index contributed by atoms with van der Waals surface area (Å²) in [4.78, 5) is 13.9. The largest absolute Gasteiger partial charge is 0.393 e. The van der Waals surface area contributed by atoms with Crippen molar-refractivity contribution in [1.82, 2.24) is 5.32 Å². The van der Waals surface area contributed by atoms with Crippen LogP contribution in [0.4, 0.5) is 11.4 Å². The second kappa shape index (κ2) is 7.88. The average molecular weight is 291 g/mol. The highest BCUT2D eigenvalue weighted by atomic mass is 16.3. The van der Waals surface area contributed by atoms with Gasteiger partial charge >= 0.3 is 0 Å². The first-order valence-corrected chi connectivity index (χ1v) is 7.73. The lowest BCUT2D eigenvalue weighted by atomic mass is 10.1. The SMILES string of the molecule is CCCNC(=O)CNc1ccccc1N1CCC(O)CC1. The van der Waals surface area contributed by atoms with Crippen LogP contribution in [0.1, 0.15) is 26.2 Å². The molecule has 2 rings (SSSR count). The molecule has 5 nitrogen and oxygen atoms in total. The van der Waals surface area contributed by atoms with Crippen molar-refractivity contribution >= 4 is 17.3 Å². The van der Waals surface area contributed by atoms with Gasteiger partial charge in [0.2, 0.25) is 5.91 Å². The number of hydrogen-bond acceptors (Lipinski definition) is 4. The number of nitrogens with one attached hydrogen (secondary N) is 2. The third-order valence-electron chi connectivity index (χ3n) is 3.72. The minimum Gasteiger partial charge on any atom is -0.393 e. The minimum atomic E-state index is -0.179. The zero-order valence-corrected chi connectivity index (χ0v) is 12.6. The molecule has 3 N–H and O–H groups in total. The van der Waals surface area contributed by atoms with E-state index in [2.05, 4.69) is 21.6 Å². The predicted molar refractivity (Wildman–Crippen MR) is 85.7 cm³/mol. The summed E-state index contributed by atoms with van der Waals surface area (Å²) in [5.74, 6) is 0.0146. The molecule has 1 heterocycles. The van der Waals surface area contributed by atoms with Gasteiger partial charge in [-0.25, -0.2) is 0 Å². The van der Waals surface area contributed by atoms with Crippen LogP contribution < -0.4 is 15.5 Å². The van der Waals surface area contributed by atoms with Gasteiger partial charge in [0.25, 0.3) is 0 Å². The van der Waals surface area contributed by atoms with Gasteiger partial charge in [0.1, 0.15) is 0 Å². The Morgan fingerprint density at radius 3 is 2.76 bits per heavy atom. The molecule has 0 aliphatic carbocycles. The summed E-state index contributed by atoms with van der Waals surface area (Å²) >= 11 is 0. The fourth-order valence-electron chi connectivity index (χ4n) is 2.51. The Morgan fingerprint density at radius 1 is 1.33 bits per heavy atom. The highest BCUT2D eigenvalue weighted by Gasteiger charge is 2.19. The quantitative estimate of drug-likeness (QED) is 0.745. The summed E-state index contributed by atoms with van der Waals surface area (Å²) in [6.07, 6.45) is 2.36. The van der Waals surface area contributed by atoms with E-state index < -0.39 is 0 Å². The van der Waals surface area contributed by atoms with E-state index in [0.717, 1.165) is 43.7 Å². The first kappa shape index (κ1) is 15.6. The van der Waals surface area contributed by atoms with E-state index in [-0.39, 0.29) is 18.6 Å². The fraction of sp³-hybridized carbons (Fsp3) is 0.562. The maximum absolute atomic E-state index is 11.7. The molecule has 0 spiro atoms. The lowest BCUT2D eigenvalue weighted by Gasteiger charge is -2.32. The van der Waals surface area contributed by atoms with E-state index in [4.69, 9.17) is 0 Å². The Morgan fingerprint density at radius 2 is 2.05 bits per heavy atom. The number of anilines is 2. The fourth-order valence-corrected chi connectivity index (χ4v) is 2.51. The van der Waals surface area contributed by atoms with Crippen LogP contribution in [0, 0.1) is 0 Å². The van der Waals surface area contributed by atoms with E-state index >= 15 is 0 Å². The first-order chi connectivity index (χ1) is 10.2. The predicted octanol–water partition coefficient (Wildman–Crippen LogP) is 1.59. The maximum Gasteiger partial charge on any atom is 0.239 e. The summed E-state index contributed by atoms with van der Waals surface area (Å²) in [5.41, 5.74) is 2.08. The lowest BCUT2D eigenvalue weighted by Crippen LogP contribution is -2.36. The number of aliphatic hydroxyl groups is 1. The molecule has 1 aliphatic heterocycles. The highest BCUT2D eigenvalue weighted by molar-refractivity contribution is 5.82. The molecule has 1 saturated heterocycles. The maximum atomic E-state index is 11.7. The standard InChI is InChI=1S/C16H25N3O2/c1-2-9-17-16(21)12-18-14-5-3-4-6-15(14)19-10-7-13(20)8-11-19/h3-6,13,18,20H,2,7-12H2,1H3,(H,17,21). The zero-order chi connectivity index (χ0) is 15.1. The molecule has 0 unspecified atom stereocenters. The molecule has 116 valence electrons. The van der Waals surface area contributed by atoms with Crippen LogP contribution in [0.3, 0.4) is 0 Å². The van der Waals surface area contributed by atoms with Crippen molar-refractivity contribution in [3.8, 4) is 0 Å². The van der Waals surface area contributed by atoms with Crippen molar-refractivity contribution in [2.45, 2.75) is 32.3 Å². The number of carbonyl (C=O) groups excluding carboxylic acids is 1. The van der Waals surface area contributed by atoms with E-state index in [1.165, 1.54) is 0 Å². The molecule has 0 bridgehead atoms. The Labute approximate surface area is 126 Å². The lowest BCUT2D eigenvalue weighted by molar-refractivity contribution is -0.119. The summed E-state index contributed by atoms with van der Waals surface area (Å²) in [7, 11) is 0. The molecule has 0 radical (unpaired) electrons. The van der Waals surface area contributed by atoms with Gasteiger partial charge in [-0.1, -0.05) is 19.1 Å². The summed E-state index contributed by atoms with van der Waals surface area (Å²) in [5, 5.41) is 15.7. The monoisotopic (exact) mass is 291 g/mol. The van der Waals surface area contributed by atoms with Gasteiger partial charge in [0, 0.05) is 19.6 Å². The van der Waals surface area contributed by atoms with Gasteiger partial charge in [-0.2, -0.15) is 0 Å². The number of benzene rings is 1. The Hall–Kier alpha value is -1.75. The van der Waals surface area contributed by atoms with E-state index in [0.29, 0.717) is 6.54 Å². The average Bonchev–Trinajstić information content (AvgIpc) is 2.52. The molecule has 1 fully saturated rings. The molecule has 1 amide bonds. The molecule has 0 aromatic heterocycles. The van der Waals surface area contributed by atoms with Crippen molar-refractivity contribution < 1.29 is 9.90 Å². The molecule has 5 heteroatoms. The molecule has 21 heavy (non-hydrogen) atoms. The van der Waals surface area contributed by atoms with Gasteiger partial charge in [0.05, 0.1) is 24.0 Å². The first-order valence-electron chi connectivity index (χ1n) is 7.73. The van der Waals surface area contributed by atoms with Crippen LogP contribution in [0.2, 0.25) is 0 Å². The Kier molecular flexibility index (Phi) is 5.87. The van der Waals surface area contributed by atoms with Gasteiger partial charge in [-0.3, -0.25) is 4.79 Å². The highest BCUT2D eigenvalue weighted by Crippen LogP contribution is 2.28. The summed E-state index contributed by atoms with van der Waals surface area (Å²) in [6, 6.07) is 8.02. The van der Waals surface area contributed by atoms with E-state index in [1.54, 1.807) is 0 Å². The number of nitrogens with zero attached hydrogens (tertiary/aromatic N) is 1. The molecule has 0 atom stereocenters. The molecule has 0 saturated carbocycles. The van der Waals surface area contributed by atoms with Crippen LogP contribution in [0.15, 0.2) is 24.3 Å². The topological polar surface area (TPSA) is 64.6 Å². The molecule has 1 aromatic rings. The second-order valence-corrected chi connectivity index (χ2v) is 5.44. The third-order valence-corrected chi connectivity index (χ3v) is 3.72. The summed E-state index contributed by atoms with van der Waals surface area (Å²) in [6.45, 7) is 4.73. The number of piperidine rings is 1. The normalized spacial score (nSPS) is 15.8. The number of rotatable bonds is 6. The van der Waals surface area contributed by atoms with Crippen LogP contribution in [-0.2, 0) is 4.79 Å². The number of para-hydroxylation sites is 2. The van der Waals surface area contributed by atoms with Crippen LogP contribution >= 0.6 is 0 Å². The zero-order valence-electron chi connectivity index (χ0n) is 12.6. The number of hydrogen-bond donors (Lipinski definition) is 3. The molecular formula is C16H25N3O2. The van der Waals surface area contributed by atoms with Crippen molar-refractivity contribution in [3.63, 3.8) is 0 Å². The van der Waals surface area contributed by atoms with Crippen molar-refractivity contribution in [1.29, 1.82) is 0 Å². The number of amides is 1. The van der Waals surface area contributed by atoms with Gasteiger partial charge < -0.3 is 20.6 Å². The molecule has 1 aliphatic rings. The van der Waals surface area contributed by atoms with Crippen LogP contribution in [0.25, 0.3) is 0 Å². The third kappa shape index (κ3) is 4.63. The molecule has 1 aromatic carbocycles.